The third-order valence-corrected chi connectivity index (χ3v) is 3.26. The van der Waals surface area contributed by atoms with Crippen molar-refractivity contribution in [2.24, 2.45) is 0 Å². The predicted molar refractivity (Wildman–Crippen MR) is 78.4 cm³/mol. The van der Waals surface area contributed by atoms with E-state index in [1.54, 1.807) is 7.11 Å². The smallest absolute Gasteiger partial charge is 0.303 e. The number of fused-ring (bicyclic) bond motifs is 1. The Morgan fingerprint density at radius 2 is 2.14 bits per heavy atom. The Morgan fingerprint density at radius 1 is 1.33 bits per heavy atom. The zero-order valence-corrected chi connectivity index (χ0v) is 11.8. The summed E-state index contributed by atoms with van der Waals surface area (Å²) in [5.74, 6) is -0.419. The van der Waals surface area contributed by atoms with Gasteiger partial charge in [-0.15, -0.1) is 0 Å². The molecular formula is C15H18N2O4. The van der Waals surface area contributed by atoms with E-state index in [9.17, 15) is 9.59 Å². The van der Waals surface area contributed by atoms with E-state index in [0.717, 1.165) is 22.2 Å². The molecule has 0 unspecified atom stereocenters. The highest BCUT2D eigenvalue weighted by atomic mass is 16.5. The van der Waals surface area contributed by atoms with Crippen molar-refractivity contribution in [1.29, 1.82) is 0 Å². The standard InChI is InChI=1S/C15H18N2O4/c1-21-11-2-3-13-12(8-11)10(9-17-13)6-7-16-14(18)4-5-15(19)20/h2-3,8-9,17H,4-7H2,1H3,(H,16,18)(H,19,20). The lowest BCUT2D eigenvalue weighted by molar-refractivity contribution is -0.138. The number of rotatable bonds is 7. The first-order chi connectivity index (χ1) is 10.1. The number of carboxylic acid groups (broad SMARTS) is 1. The van der Waals surface area contributed by atoms with Crippen LogP contribution in [0.15, 0.2) is 24.4 Å². The molecule has 0 fully saturated rings. The number of amides is 1. The molecule has 6 nitrogen and oxygen atoms in total. The van der Waals surface area contributed by atoms with Crippen LogP contribution in [0.3, 0.4) is 0 Å². The predicted octanol–water partition coefficient (Wildman–Crippen LogP) is 1.70. The molecule has 112 valence electrons. The number of aromatic amines is 1. The molecule has 2 aromatic rings. The van der Waals surface area contributed by atoms with Crippen LogP contribution < -0.4 is 10.1 Å². The van der Waals surface area contributed by atoms with Crippen molar-refractivity contribution in [1.82, 2.24) is 10.3 Å². The number of carbonyl (C=O) groups is 2. The van der Waals surface area contributed by atoms with E-state index in [1.165, 1.54) is 0 Å². The van der Waals surface area contributed by atoms with Gasteiger partial charge >= 0.3 is 5.97 Å². The number of hydrogen-bond donors (Lipinski definition) is 3. The van der Waals surface area contributed by atoms with Crippen LogP contribution in [0.2, 0.25) is 0 Å². The van der Waals surface area contributed by atoms with Crippen LogP contribution in [0.5, 0.6) is 5.75 Å². The molecule has 21 heavy (non-hydrogen) atoms. The van der Waals surface area contributed by atoms with Crippen molar-refractivity contribution < 1.29 is 19.4 Å². The number of ether oxygens (including phenoxy) is 1. The number of nitrogens with one attached hydrogen (secondary N) is 2. The first kappa shape index (κ1) is 14.9. The van der Waals surface area contributed by atoms with Gasteiger partial charge in [0.05, 0.1) is 13.5 Å². The number of methoxy groups -OCH3 is 1. The van der Waals surface area contributed by atoms with Crippen LogP contribution in [0, 0.1) is 0 Å². The summed E-state index contributed by atoms with van der Waals surface area (Å²) in [4.78, 5) is 25.0. The molecule has 0 aliphatic heterocycles. The number of aromatic nitrogens is 1. The third-order valence-electron chi connectivity index (χ3n) is 3.26. The number of carbonyl (C=O) groups excluding carboxylic acids is 1. The van der Waals surface area contributed by atoms with Gasteiger partial charge < -0.3 is 20.1 Å². The Bertz CT molecular complexity index is 648. The number of benzene rings is 1. The summed E-state index contributed by atoms with van der Waals surface area (Å²) in [5.41, 5.74) is 2.10. The van der Waals surface area contributed by atoms with Gasteiger partial charge in [-0.2, -0.15) is 0 Å². The van der Waals surface area contributed by atoms with E-state index in [1.807, 2.05) is 24.4 Å². The maximum absolute atomic E-state index is 11.4. The lowest BCUT2D eigenvalue weighted by Gasteiger charge is -2.04. The van der Waals surface area contributed by atoms with Crippen molar-refractivity contribution in [3.05, 3.63) is 30.0 Å². The van der Waals surface area contributed by atoms with Gasteiger partial charge in [-0.25, -0.2) is 0 Å². The fourth-order valence-electron chi connectivity index (χ4n) is 2.14. The van der Waals surface area contributed by atoms with Crippen molar-refractivity contribution in [2.75, 3.05) is 13.7 Å². The lowest BCUT2D eigenvalue weighted by atomic mass is 10.1. The summed E-state index contributed by atoms with van der Waals surface area (Å²) in [6.45, 7) is 0.475. The van der Waals surface area contributed by atoms with Gasteiger partial charge in [-0.05, 0) is 30.2 Å². The Morgan fingerprint density at radius 3 is 2.86 bits per heavy atom. The molecule has 1 aromatic carbocycles. The topological polar surface area (TPSA) is 91.4 Å². The van der Waals surface area contributed by atoms with Gasteiger partial charge in [-0.1, -0.05) is 0 Å². The second-order valence-corrected chi connectivity index (χ2v) is 4.72. The minimum absolute atomic E-state index is 0.0110. The summed E-state index contributed by atoms with van der Waals surface area (Å²) in [7, 11) is 1.62. The normalized spacial score (nSPS) is 10.5. The van der Waals surface area contributed by atoms with Crippen molar-refractivity contribution >= 4 is 22.8 Å². The maximum atomic E-state index is 11.4. The van der Waals surface area contributed by atoms with Crippen molar-refractivity contribution in [3.8, 4) is 5.75 Å². The van der Waals surface area contributed by atoms with E-state index >= 15 is 0 Å². The third kappa shape index (κ3) is 3.98. The Kier molecular flexibility index (Phi) is 4.81. The van der Waals surface area contributed by atoms with E-state index < -0.39 is 5.97 Å². The molecule has 2 rings (SSSR count). The van der Waals surface area contributed by atoms with E-state index in [4.69, 9.17) is 9.84 Å². The van der Waals surface area contributed by atoms with Gasteiger partial charge in [0.25, 0.3) is 0 Å². The minimum Gasteiger partial charge on any atom is -0.497 e. The van der Waals surface area contributed by atoms with Gasteiger partial charge in [0.1, 0.15) is 5.75 Å². The molecule has 1 amide bonds. The molecule has 0 saturated carbocycles. The van der Waals surface area contributed by atoms with Gasteiger partial charge in [0.15, 0.2) is 0 Å². The second-order valence-electron chi connectivity index (χ2n) is 4.72. The summed E-state index contributed by atoms with van der Waals surface area (Å²) in [6, 6.07) is 5.78. The van der Waals surface area contributed by atoms with E-state index in [0.29, 0.717) is 13.0 Å². The molecule has 0 spiro atoms. The molecule has 3 N–H and O–H groups in total. The fourth-order valence-corrected chi connectivity index (χ4v) is 2.14. The summed E-state index contributed by atoms with van der Waals surface area (Å²) in [5, 5.41) is 12.3. The van der Waals surface area contributed by atoms with E-state index in [-0.39, 0.29) is 18.7 Å². The maximum Gasteiger partial charge on any atom is 0.303 e. The van der Waals surface area contributed by atoms with Crippen molar-refractivity contribution in [3.63, 3.8) is 0 Å². The fraction of sp³-hybridized carbons (Fsp3) is 0.333. The first-order valence-electron chi connectivity index (χ1n) is 6.72. The van der Waals surface area contributed by atoms with Crippen molar-refractivity contribution in [2.45, 2.75) is 19.3 Å². The summed E-state index contributed by atoms with van der Waals surface area (Å²) in [6.07, 6.45) is 2.45. The van der Waals surface area contributed by atoms with Gasteiger partial charge in [0, 0.05) is 30.1 Å². The zero-order valence-electron chi connectivity index (χ0n) is 11.8. The van der Waals surface area contributed by atoms with E-state index in [2.05, 4.69) is 10.3 Å². The number of H-pyrrole nitrogens is 1. The molecule has 1 heterocycles. The largest absolute Gasteiger partial charge is 0.497 e. The van der Waals surface area contributed by atoms with Crippen LogP contribution in [0.4, 0.5) is 0 Å². The highest BCUT2D eigenvalue weighted by Gasteiger charge is 2.07. The highest BCUT2D eigenvalue weighted by Crippen LogP contribution is 2.23. The molecular weight excluding hydrogens is 272 g/mol. The zero-order chi connectivity index (χ0) is 15.2. The average molecular weight is 290 g/mol. The summed E-state index contributed by atoms with van der Waals surface area (Å²) >= 11 is 0. The molecule has 0 radical (unpaired) electrons. The second kappa shape index (κ2) is 6.78. The van der Waals surface area contributed by atoms with Crippen LogP contribution in [-0.2, 0) is 16.0 Å². The van der Waals surface area contributed by atoms with Crippen LogP contribution >= 0.6 is 0 Å². The molecule has 0 saturated heterocycles. The first-order valence-corrected chi connectivity index (χ1v) is 6.72. The monoisotopic (exact) mass is 290 g/mol. The average Bonchev–Trinajstić information content (AvgIpc) is 2.87. The quantitative estimate of drug-likeness (QED) is 0.723. The number of carboxylic acids is 1. The Balaban J connectivity index is 1.91. The molecule has 6 heteroatoms. The number of aliphatic carboxylic acids is 1. The number of hydrogen-bond acceptors (Lipinski definition) is 3. The molecule has 0 atom stereocenters. The lowest BCUT2D eigenvalue weighted by Crippen LogP contribution is -2.25. The molecule has 0 aliphatic rings. The van der Waals surface area contributed by atoms with Gasteiger partial charge in [0.2, 0.25) is 5.91 Å². The van der Waals surface area contributed by atoms with Crippen LogP contribution in [-0.4, -0.2) is 35.6 Å². The van der Waals surface area contributed by atoms with Crippen LogP contribution in [0.1, 0.15) is 18.4 Å². The minimum atomic E-state index is -0.964. The molecule has 0 bridgehead atoms. The van der Waals surface area contributed by atoms with Gasteiger partial charge in [-0.3, -0.25) is 9.59 Å². The Hall–Kier alpha value is -2.50. The molecule has 1 aromatic heterocycles. The summed E-state index contributed by atoms with van der Waals surface area (Å²) < 4.78 is 5.20. The highest BCUT2D eigenvalue weighted by molar-refractivity contribution is 5.85. The SMILES string of the molecule is COc1ccc2[nH]cc(CCNC(=O)CCC(=O)O)c2c1. The Labute approximate surface area is 122 Å². The molecule has 0 aliphatic carbocycles. The van der Waals surface area contributed by atoms with Crippen LogP contribution in [0.25, 0.3) is 10.9 Å².